The molecule has 0 fully saturated rings. The number of para-hydroxylation sites is 1. The van der Waals surface area contributed by atoms with E-state index in [1.54, 1.807) is 0 Å². The van der Waals surface area contributed by atoms with Gasteiger partial charge in [-0.2, -0.15) is 0 Å². The lowest BCUT2D eigenvalue weighted by Crippen LogP contribution is -2.33. The Hall–Kier alpha value is -1.55. The fourth-order valence-electron chi connectivity index (χ4n) is 1.68. The van der Waals surface area contributed by atoms with Crippen molar-refractivity contribution in [1.82, 2.24) is 0 Å². The van der Waals surface area contributed by atoms with Gasteiger partial charge in [0.1, 0.15) is 17.5 Å². The van der Waals surface area contributed by atoms with E-state index in [1.807, 2.05) is 37.3 Å². The standard InChI is InChI=1S/C14H17NO2S/c1-3-7-12(17)13(10(2)16)14(18)15-11-8-5-4-6-9-11/h4-6,8-9,13H,3,7H2,1-2H3,(H,15,18)/t13-/m1/s1. The van der Waals surface area contributed by atoms with Crippen LogP contribution in [-0.2, 0) is 9.59 Å². The molecule has 0 aliphatic rings. The lowest BCUT2D eigenvalue weighted by atomic mass is 9.96. The van der Waals surface area contributed by atoms with Gasteiger partial charge >= 0.3 is 0 Å². The third-order valence-electron chi connectivity index (χ3n) is 2.53. The molecule has 96 valence electrons. The van der Waals surface area contributed by atoms with Crippen LogP contribution in [0.15, 0.2) is 30.3 Å². The summed E-state index contributed by atoms with van der Waals surface area (Å²) in [7, 11) is 0. The molecule has 0 aliphatic carbocycles. The van der Waals surface area contributed by atoms with Crippen molar-refractivity contribution in [2.45, 2.75) is 26.7 Å². The van der Waals surface area contributed by atoms with E-state index in [0.717, 1.165) is 12.1 Å². The fraction of sp³-hybridized carbons (Fsp3) is 0.357. The zero-order valence-corrected chi connectivity index (χ0v) is 11.4. The number of hydrogen-bond donors (Lipinski definition) is 1. The highest BCUT2D eigenvalue weighted by molar-refractivity contribution is 7.80. The second-order valence-corrected chi connectivity index (χ2v) is 4.56. The van der Waals surface area contributed by atoms with Crippen molar-refractivity contribution in [2.75, 3.05) is 5.32 Å². The molecule has 1 N–H and O–H groups in total. The monoisotopic (exact) mass is 263 g/mol. The van der Waals surface area contributed by atoms with Crippen LogP contribution >= 0.6 is 12.2 Å². The van der Waals surface area contributed by atoms with Gasteiger partial charge in [-0.05, 0) is 25.5 Å². The lowest BCUT2D eigenvalue weighted by molar-refractivity contribution is -0.128. The predicted octanol–water partition coefficient (Wildman–Crippen LogP) is 3.00. The van der Waals surface area contributed by atoms with E-state index in [-0.39, 0.29) is 16.6 Å². The summed E-state index contributed by atoms with van der Waals surface area (Å²) in [6.45, 7) is 3.31. The molecule has 3 nitrogen and oxygen atoms in total. The van der Waals surface area contributed by atoms with Gasteiger partial charge in [-0.15, -0.1) is 0 Å². The van der Waals surface area contributed by atoms with E-state index in [0.29, 0.717) is 6.42 Å². The number of Topliss-reactive ketones (excluding diaryl/α,β-unsaturated/α-hetero) is 2. The van der Waals surface area contributed by atoms with Gasteiger partial charge in [0.2, 0.25) is 0 Å². The van der Waals surface area contributed by atoms with Crippen molar-refractivity contribution >= 4 is 34.5 Å². The van der Waals surface area contributed by atoms with Gasteiger partial charge in [0.15, 0.2) is 0 Å². The molecule has 0 aliphatic heterocycles. The van der Waals surface area contributed by atoms with Crippen LogP contribution in [0.5, 0.6) is 0 Å². The van der Waals surface area contributed by atoms with Crippen molar-refractivity contribution in [2.24, 2.45) is 5.92 Å². The molecule has 0 saturated heterocycles. The summed E-state index contributed by atoms with van der Waals surface area (Å²) in [5.74, 6) is -1.14. The summed E-state index contributed by atoms with van der Waals surface area (Å²) in [5.41, 5.74) is 0.790. The molecule has 0 saturated carbocycles. The molecule has 0 bridgehead atoms. The number of carbonyl (C=O) groups excluding carboxylic acids is 2. The zero-order valence-electron chi connectivity index (χ0n) is 10.6. The minimum Gasteiger partial charge on any atom is -0.349 e. The van der Waals surface area contributed by atoms with Crippen LogP contribution in [0, 0.1) is 5.92 Å². The second kappa shape index (κ2) is 7.01. The van der Waals surface area contributed by atoms with E-state index in [9.17, 15) is 9.59 Å². The molecule has 4 heteroatoms. The predicted molar refractivity (Wildman–Crippen MR) is 76.7 cm³/mol. The number of rotatable bonds is 6. The Labute approximate surface area is 113 Å². The van der Waals surface area contributed by atoms with Crippen LogP contribution in [0.3, 0.4) is 0 Å². The Balaban J connectivity index is 2.78. The molecular weight excluding hydrogens is 246 g/mol. The van der Waals surface area contributed by atoms with Gasteiger partial charge in [-0.3, -0.25) is 9.59 Å². The number of thiocarbonyl (C=S) groups is 1. The Morgan fingerprint density at radius 1 is 1.28 bits per heavy atom. The summed E-state index contributed by atoms with van der Waals surface area (Å²) in [4.78, 5) is 23.7. The minimum atomic E-state index is -0.819. The molecule has 1 aromatic rings. The first-order valence-electron chi connectivity index (χ1n) is 5.95. The summed E-state index contributed by atoms with van der Waals surface area (Å²) in [6.07, 6.45) is 1.09. The van der Waals surface area contributed by atoms with Crippen molar-refractivity contribution in [1.29, 1.82) is 0 Å². The summed E-state index contributed by atoms with van der Waals surface area (Å²) in [6, 6.07) is 9.30. The first kappa shape index (κ1) is 14.5. The third-order valence-corrected chi connectivity index (χ3v) is 2.87. The quantitative estimate of drug-likeness (QED) is 0.633. The van der Waals surface area contributed by atoms with E-state index in [2.05, 4.69) is 5.32 Å². The van der Waals surface area contributed by atoms with Crippen molar-refractivity contribution in [3.8, 4) is 0 Å². The van der Waals surface area contributed by atoms with E-state index in [4.69, 9.17) is 12.2 Å². The average Bonchev–Trinajstić information content (AvgIpc) is 2.30. The van der Waals surface area contributed by atoms with Crippen LogP contribution in [0.25, 0.3) is 0 Å². The van der Waals surface area contributed by atoms with Crippen molar-refractivity contribution in [3.05, 3.63) is 30.3 Å². The first-order chi connectivity index (χ1) is 8.56. The SMILES string of the molecule is CCCC(=O)[C@@H](C(C)=O)C(=S)Nc1ccccc1. The lowest BCUT2D eigenvalue weighted by Gasteiger charge is -2.15. The van der Waals surface area contributed by atoms with Crippen LogP contribution in [0.1, 0.15) is 26.7 Å². The van der Waals surface area contributed by atoms with Gasteiger partial charge in [-0.1, -0.05) is 37.3 Å². The molecule has 1 atom stereocenters. The van der Waals surface area contributed by atoms with E-state index < -0.39 is 5.92 Å². The number of benzene rings is 1. The highest BCUT2D eigenvalue weighted by Crippen LogP contribution is 2.13. The Bertz CT molecular complexity index is 442. The minimum absolute atomic E-state index is 0.113. The van der Waals surface area contributed by atoms with Gasteiger partial charge in [0.25, 0.3) is 0 Å². The average molecular weight is 263 g/mol. The largest absolute Gasteiger partial charge is 0.349 e. The van der Waals surface area contributed by atoms with Gasteiger partial charge in [-0.25, -0.2) is 0 Å². The fourth-order valence-corrected chi connectivity index (χ4v) is 2.10. The number of carbonyl (C=O) groups is 2. The Morgan fingerprint density at radius 3 is 2.39 bits per heavy atom. The maximum absolute atomic E-state index is 11.9. The molecule has 1 aromatic carbocycles. The number of anilines is 1. The van der Waals surface area contributed by atoms with Crippen molar-refractivity contribution in [3.63, 3.8) is 0 Å². The highest BCUT2D eigenvalue weighted by atomic mass is 32.1. The summed E-state index contributed by atoms with van der Waals surface area (Å²) < 4.78 is 0. The van der Waals surface area contributed by atoms with Crippen LogP contribution in [-0.4, -0.2) is 16.6 Å². The molecule has 18 heavy (non-hydrogen) atoms. The molecule has 0 radical (unpaired) electrons. The molecule has 1 rings (SSSR count). The molecule has 0 aromatic heterocycles. The van der Waals surface area contributed by atoms with Gasteiger partial charge < -0.3 is 5.32 Å². The Kier molecular flexibility index (Phi) is 5.65. The normalized spacial score (nSPS) is 11.7. The van der Waals surface area contributed by atoms with E-state index >= 15 is 0 Å². The van der Waals surface area contributed by atoms with Crippen LogP contribution in [0.2, 0.25) is 0 Å². The van der Waals surface area contributed by atoms with Gasteiger partial charge in [0, 0.05) is 12.1 Å². The Morgan fingerprint density at radius 2 is 1.89 bits per heavy atom. The topological polar surface area (TPSA) is 46.2 Å². The molecule has 0 heterocycles. The number of nitrogens with one attached hydrogen (secondary N) is 1. The van der Waals surface area contributed by atoms with Crippen LogP contribution < -0.4 is 5.32 Å². The third kappa shape index (κ3) is 4.04. The van der Waals surface area contributed by atoms with E-state index in [1.165, 1.54) is 6.92 Å². The molecule has 0 unspecified atom stereocenters. The zero-order chi connectivity index (χ0) is 13.5. The summed E-state index contributed by atoms with van der Waals surface area (Å²) in [5, 5.41) is 2.95. The highest BCUT2D eigenvalue weighted by Gasteiger charge is 2.26. The molecular formula is C14H17NO2S. The first-order valence-corrected chi connectivity index (χ1v) is 6.36. The number of hydrogen-bond acceptors (Lipinski definition) is 3. The maximum Gasteiger partial charge on any atom is 0.150 e. The molecule has 0 spiro atoms. The maximum atomic E-state index is 11.9. The van der Waals surface area contributed by atoms with Crippen molar-refractivity contribution < 1.29 is 9.59 Å². The smallest absolute Gasteiger partial charge is 0.150 e. The summed E-state index contributed by atoms with van der Waals surface area (Å²) >= 11 is 5.17. The molecule has 0 amide bonds. The van der Waals surface area contributed by atoms with Crippen LogP contribution in [0.4, 0.5) is 5.69 Å². The number of ketones is 2. The second-order valence-electron chi connectivity index (χ2n) is 4.12. The van der Waals surface area contributed by atoms with Gasteiger partial charge in [0.05, 0.1) is 4.99 Å².